The van der Waals surface area contributed by atoms with Crippen molar-refractivity contribution >= 4 is 31.9 Å². The Bertz CT molecular complexity index is 899. The van der Waals surface area contributed by atoms with E-state index >= 15 is 0 Å². The zero-order chi connectivity index (χ0) is 18.6. The average Bonchev–Trinajstić information content (AvgIpc) is 2.59. The molecule has 0 spiro atoms. The highest BCUT2D eigenvalue weighted by Crippen LogP contribution is 2.35. The van der Waals surface area contributed by atoms with E-state index in [9.17, 15) is 13.2 Å². The first-order valence-corrected chi connectivity index (χ1v) is 9.37. The Balaban J connectivity index is 2.25. The molecule has 2 rings (SSSR count). The van der Waals surface area contributed by atoms with Crippen LogP contribution in [0, 0.1) is 6.92 Å². The summed E-state index contributed by atoms with van der Waals surface area (Å²) in [6.07, 6.45) is 0. The standard InChI is InChI=1S/C16H17BrN2O5S/c1-10-6-4-5-7-11(10)16(20)18-19-25(21,22)15-9-14(24-3)13(23-2)8-12(15)17/h4-9,19H,1-3H3,(H,18,20). The van der Waals surface area contributed by atoms with Gasteiger partial charge in [-0.3, -0.25) is 10.2 Å². The van der Waals surface area contributed by atoms with Crippen molar-refractivity contribution in [2.45, 2.75) is 11.8 Å². The van der Waals surface area contributed by atoms with E-state index in [0.717, 1.165) is 5.56 Å². The van der Waals surface area contributed by atoms with Crippen LogP contribution >= 0.6 is 15.9 Å². The number of carbonyl (C=O) groups is 1. The molecule has 0 aliphatic carbocycles. The van der Waals surface area contributed by atoms with Gasteiger partial charge in [0, 0.05) is 16.1 Å². The fourth-order valence-corrected chi connectivity index (χ4v) is 3.98. The molecule has 2 aromatic carbocycles. The summed E-state index contributed by atoms with van der Waals surface area (Å²) in [7, 11) is -1.19. The first-order chi connectivity index (χ1) is 11.8. The van der Waals surface area contributed by atoms with Gasteiger partial charge < -0.3 is 9.47 Å². The molecule has 0 fully saturated rings. The summed E-state index contributed by atoms with van der Waals surface area (Å²) in [5.74, 6) is 0.0619. The van der Waals surface area contributed by atoms with Gasteiger partial charge in [0.05, 0.1) is 14.2 Å². The number of hydrogen-bond donors (Lipinski definition) is 2. The van der Waals surface area contributed by atoms with Gasteiger partial charge in [-0.25, -0.2) is 8.42 Å². The number of carbonyl (C=O) groups excluding carboxylic acids is 1. The van der Waals surface area contributed by atoms with Crippen LogP contribution in [-0.4, -0.2) is 28.5 Å². The van der Waals surface area contributed by atoms with E-state index in [1.165, 1.54) is 26.4 Å². The Kier molecular flexibility index (Phi) is 6.04. The van der Waals surface area contributed by atoms with E-state index in [4.69, 9.17) is 9.47 Å². The predicted octanol–water partition coefficient (Wildman–Crippen LogP) is 2.40. The van der Waals surface area contributed by atoms with Gasteiger partial charge >= 0.3 is 0 Å². The molecule has 2 N–H and O–H groups in total. The molecule has 25 heavy (non-hydrogen) atoms. The fourth-order valence-electron chi connectivity index (χ4n) is 2.10. The maximum atomic E-state index is 12.5. The van der Waals surface area contributed by atoms with Crippen molar-refractivity contribution in [3.63, 3.8) is 0 Å². The van der Waals surface area contributed by atoms with Crippen LogP contribution in [0.4, 0.5) is 0 Å². The Morgan fingerprint density at radius 2 is 1.68 bits per heavy atom. The lowest BCUT2D eigenvalue weighted by Gasteiger charge is -2.14. The van der Waals surface area contributed by atoms with Gasteiger partial charge in [-0.15, -0.1) is 4.83 Å². The van der Waals surface area contributed by atoms with E-state index in [-0.39, 0.29) is 15.1 Å². The maximum absolute atomic E-state index is 12.5. The zero-order valence-electron chi connectivity index (χ0n) is 13.8. The fraction of sp³-hybridized carbons (Fsp3) is 0.188. The number of hydrazine groups is 1. The van der Waals surface area contributed by atoms with Crippen LogP contribution in [0.2, 0.25) is 0 Å². The van der Waals surface area contributed by atoms with Gasteiger partial charge in [-0.05, 0) is 40.5 Å². The number of benzene rings is 2. The zero-order valence-corrected chi connectivity index (χ0v) is 16.2. The van der Waals surface area contributed by atoms with Crippen molar-refractivity contribution in [3.05, 3.63) is 52.0 Å². The topological polar surface area (TPSA) is 93.7 Å². The van der Waals surface area contributed by atoms with E-state index in [1.54, 1.807) is 31.2 Å². The summed E-state index contributed by atoms with van der Waals surface area (Å²) < 4.78 is 35.5. The van der Waals surface area contributed by atoms with Gasteiger partial charge in [0.25, 0.3) is 15.9 Å². The molecule has 2 aromatic rings. The molecule has 7 nitrogen and oxygen atoms in total. The number of hydrogen-bond acceptors (Lipinski definition) is 5. The molecule has 0 radical (unpaired) electrons. The molecule has 0 aliphatic rings. The molecular formula is C16H17BrN2O5S. The molecule has 134 valence electrons. The van der Waals surface area contributed by atoms with Crippen LogP contribution in [-0.2, 0) is 10.0 Å². The second kappa shape index (κ2) is 7.85. The molecule has 0 unspecified atom stereocenters. The largest absolute Gasteiger partial charge is 0.493 e. The van der Waals surface area contributed by atoms with Gasteiger partial charge in [-0.2, -0.15) is 0 Å². The van der Waals surface area contributed by atoms with E-state index in [2.05, 4.69) is 26.2 Å². The van der Waals surface area contributed by atoms with Crippen LogP contribution in [0.25, 0.3) is 0 Å². The summed E-state index contributed by atoms with van der Waals surface area (Å²) >= 11 is 3.18. The van der Waals surface area contributed by atoms with E-state index in [1.807, 2.05) is 0 Å². The number of methoxy groups -OCH3 is 2. The summed E-state index contributed by atoms with van der Waals surface area (Å²) in [6, 6.07) is 9.61. The SMILES string of the molecule is COc1cc(Br)c(S(=O)(=O)NNC(=O)c2ccccc2C)cc1OC. The summed E-state index contributed by atoms with van der Waals surface area (Å²) in [5, 5.41) is 0. The molecule has 1 amide bonds. The highest BCUT2D eigenvalue weighted by atomic mass is 79.9. The number of rotatable bonds is 6. The van der Waals surface area contributed by atoms with Crippen LogP contribution in [0.3, 0.4) is 0 Å². The quantitative estimate of drug-likeness (QED) is 0.688. The molecule has 0 aromatic heterocycles. The maximum Gasteiger partial charge on any atom is 0.266 e. The number of sulfonamides is 1. The number of halogens is 1. The molecule has 0 saturated carbocycles. The molecule has 0 atom stereocenters. The molecule has 0 heterocycles. The summed E-state index contributed by atoms with van der Waals surface area (Å²) in [4.78, 5) is 14.1. The van der Waals surface area contributed by atoms with Crippen molar-refractivity contribution in [1.29, 1.82) is 0 Å². The second-order valence-corrected chi connectivity index (χ2v) is 7.52. The Morgan fingerprint density at radius 1 is 1.08 bits per heavy atom. The van der Waals surface area contributed by atoms with Crippen LogP contribution in [0.5, 0.6) is 11.5 Å². The molecule has 0 bridgehead atoms. The predicted molar refractivity (Wildman–Crippen MR) is 96.2 cm³/mol. The van der Waals surface area contributed by atoms with Crippen molar-refractivity contribution in [2.75, 3.05) is 14.2 Å². The minimum Gasteiger partial charge on any atom is -0.493 e. The molecular weight excluding hydrogens is 412 g/mol. The van der Waals surface area contributed by atoms with Gasteiger partial charge in [-0.1, -0.05) is 18.2 Å². The lowest BCUT2D eigenvalue weighted by atomic mass is 10.1. The summed E-state index contributed by atoms with van der Waals surface area (Å²) in [6.45, 7) is 1.76. The lowest BCUT2D eigenvalue weighted by Crippen LogP contribution is -2.41. The highest BCUT2D eigenvalue weighted by molar-refractivity contribution is 9.10. The van der Waals surface area contributed by atoms with Crippen molar-refractivity contribution in [1.82, 2.24) is 10.3 Å². The van der Waals surface area contributed by atoms with E-state index in [0.29, 0.717) is 11.3 Å². The highest BCUT2D eigenvalue weighted by Gasteiger charge is 2.22. The monoisotopic (exact) mass is 428 g/mol. The number of ether oxygens (including phenoxy) is 2. The van der Waals surface area contributed by atoms with Crippen LogP contribution in [0.1, 0.15) is 15.9 Å². The minimum atomic E-state index is -4.03. The second-order valence-electron chi connectivity index (χ2n) is 5.01. The molecule has 0 saturated heterocycles. The van der Waals surface area contributed by atoms with Crippen molar-refractivity contribution < 1.29 is 22.7 Å². The summed E-state index contributed by atoms with van der Waals surface area (Å²) in [5.41, 5.74) is 3.30. The first kappa shape index (κ1) is 19.2. The Morgan fingerprint density at radius 3 is 2.28 bits per heavy atom. The smallest absolute Gasteiger partial charge is 0.266 e. The third kappa shape index (κ3) is 4.30. The average molecular weight is 429 g/mol. The van der Waals surface area contributed by atoms with Crippen LogP contribution in [0.15, 0.2) is 45.8 Å². The third-order valence-corrected chi connectivity index (χ3v) is 5.62. The number of aryl methyl sites for hydroxylation is 1. The lowest BCUT2D eigenvalue weighted by molar-refractivity contribution is 0.0944. The number of amides is 1. The third-order valence-electron chi connectivity index (χ3n) is 3.42. The van der Waals surface area contributed by atoms with Gasteiger partial charge in [0.1, 0.15) is 4.90 Å². The normalized spacial score (nSPS) is 11.0. The molecule has 9 heteroatoms. The first-order valence-electron chi connectivity index (χ1n) is 7.09. The number of nitrogens with one attached hydrogen (secondary N) is 2. The molecule has 0 aliphatic heterocycles. The van der Waals surface area contributed by atoms with Crippen molar-refractivity contribution in [3.8, 4) is 11.5 Å². The van der Waals surface area contributed by atoms with Gasteiger partial charge in [0.15, 0.2) is 11.5 Å². The minimum absolute atomic E-state index is 0.102. The Hall–Kier alpha value is -2.10. The Labute approximate surface area is 154 Å². The van der Waals surface area contributed by atoms with Gasteiger partial charge in [0.2, 0.25) is 0 Å². The van der Waals surface area contributed by atoms with Crippen LogP contribution < -0.4 is 19.7 Å². The van der Waals surface area contributed by atoms with Crippen molar-refractivity contribution in [2.24, 2.45) is 0 Å². The van der Waals surface area contributed by atoms with E-state index < -0.39 is 15.9 Å².